The van der Waals surface area contributed by atoms with Gasteiger partial charge in [0.1, 0.15) is 0 Å². The van der Waals surface area contributed by atoms with Gasteiger partial charge in [-0.15, -0.1) is 0 Å². The maximum atomic E-state index is 12.1. The highest BCUT2D eigenvalue weighted by atomic mass is 28.4. The average molecular weight is 355 g/mol. The molecule has 1 fully saturated rings. The number of hydrogen-bond acceptors (Lipinski definition) is 3. The van der Waals surface area contributed by atoms with Gasteiger partial charge in [-0.25, -0.2) is 4.79 Å². The first-order valence-electron chi connectivity index (χ1n) is 9.46. The van der Waals surface area contributed by atoms with Gasteiger partial charge in [0, 0.05) is 6.08 Å². The molecule has 140 valence electrons. The fourth-order valence-electron chi connectivity index (χ4n) is 3.17. The summed E-state index contributed by atoms with van der Waals surface area (Å²) in [6, 6.07) is 0. The summed E-state index contributed by atoms with van der Waals surface area (Å²) in [4.78, 5) is 12.1. The molecule has 1 aliphatic carbocycles. The van der Waals surface area contributed by atoms with E-state index in [1.54, 1.807) is 6.08 Å². The van der Waals surface area contributed by atoms with Gasteiger partial charge in [0.2, 0.25) is 0 Å². The van der Waals surface area contributed by atoms with Crippen LogP contribution in [0.15, 0.2) is 11.6 Å². The Balaban J connectivity index is 3.22. The summed E-state index contributed by atoms with van der Waals surface area (Å²) < 4.78 is 12.0. The van der Waals surface area contributed by atoms with E-state index in [9.17, 15) is 4.79 Å². The molecular formula is C20H38O3Si. The summed E-state index contributed by atoms with van der Waals surface area (Å²) in [5.74, 6) is 1.15. The smallest absolute Gasteiger partial charge is 0.330 e. The molecule has 0 N–H and O–H groups in total. The highest BCUT2D eigenvalue weighted by Gasteiger charge is 2.44. The molecule has 0 aliphatic heterocycles. The van der Waals surface area contributed by atoms with Crippen LogP contribution in [0.25, 0.3) is 0 Å². The molecule has 3 nitrogen and oxygen atoms in total. The molecule has 4 heteroatoms. The Morgan fingerprint density at radius 2 is 1.88 bits per heavy atom. The second kappa shape index (κ2) is 8.18. The lowest BCUT2D eigenvalue weighted by Crippen LogP contribution is -2.49. The summed E-state index contributed by atoms with van der Waals surface area (Å²) in [5, 5.41) is 0.157. The van der Waals surface area contributed by atoms with Crippen molar-refractivity contribution < 1.29 is 14.0 Å². The van der Waals surface area contributed by atoms with E-state index in [-0.39, 0.29) is 17.1 Å². The Kier molecular flexibility index (Phi) is 7.30. The van der Waals surface area contributed by atoms with Crippen LogP contribution in [0.4, 0.5) is 0 Å². The van der Waals surface area contributed by atoms with Crippen molar-refractivity contribution in [1.82, 2.24) is 0 Å². The Morgan fingerprint density at radius 1 is 1.29 bits per heavy atom. The topological polar surface area (TPSA) is 35.5 Å². The molecule has 1 saturated carbocycles. The molecule has 0 aromatic heterocycles. The summed E-state index contributed by atoms with van der Waals surface area (Å²) >= 11 is 0. The van der Waals surface area contributed by atoms with Crippen LogP contribution in [-0.4, -0.2) is 27.0 Å². The van der Waals surface area contributed by atoms with Gasteiger partial charge in [0.05, 0.1) is 12.7 Å². The van der Waals surface area contributed by atoms with Gasteiger partial charge in [-0.3, -0.25) is 0 Å². The van der Waals surface area contributed by atoms with Crippen LogP contribution in [0, 0.1) is 17.8 Å². The molecule has 3 atom stereocenters. The summed E-state index contributed by atoms with van der Waals surface area (Å²) in [6.45, 7) is 20.4. The Labute approximate surface area is 150 Å². The van der Waals surface area contributed by atoms with E-state index in [1.165, 1.54) is 0 Å². The van der Waals surface area contributed by atoms with E-state index in [2.05, 4.69) is 54.6 Å². The minimum absolute atomic E-state index is 0.0408. The SMILES string of the molecule is CCOC(=O)/C=C1\[C@H](C)CC[C@@H](C(C)C)[C@@H]1O[Si](C)(C)C(C)(C)C. The van der Waals surface area contributed by atoms with E-state index in [4.69, 9.17) is 9.16 Å². The van der Waals surface area contributed by atoms with Gasteiger partial charge in [0.25, 0.3) is 0 Å². The first-order chi connectivity index (χ1) is 10.9. The molecule has 0 bridgehead atoms. The molecule has 0 aromatic rings. The summed E-state index contributed by atoms with van der Waals surface area (Å²) in [7, 11) is -1.91. The fourth-order valence-corrected chi connectivity index (χ4v) is 4.46. The molecule has 0 aromatic carbocycles. The molecule has 0 radical (unpaired) electrons. The van der Waals surface area contributed by atoms with Crippen molar-refractivity contribution in [2.75, 3.05) is 6.61 Å². The Hall–Kier alpha value is -0.613. The van der Waals surface area contributed by atoms with Crippen molar-refractivity contribution in [2.45, 2.75) is 85.5 Å². The van der Waals surface area contributed by atoms with E-state index < -0.39 is 8.32 Å². The zero-order chi connectivity index (χ0) is 18.7. The molecule has 0 unspecified atom stereocenters. The average Bonchev–Trinajstić information content (AvgIpc) is 2.41. The van der Waals surface area contributed by atoms with Crippen LogP contribution in [0.3, 0.4) is 0 Å². The molecule has 1 aliphatic rings. The minimum Gasteiger partial charge on any atom is -0.463 e. The van der Waals surface area contributed by atoms with Crippen LogP contribution in [0.5, 0.6) is 0 Å². The van der Waals surface area contributed by atoms with Crippen molar-refractivity contribution >= 4 is 14.3 Å². The highest BCUT2D eigenvalue weighted by molar-refractivity contribution is 6.74. The molecule has 1 rings (SSSR count). The standard InChI is InChI=1S/C20H38O3Si/c1-10-22-18(21)13-17-15(4)11-12-16(14(2)3)19(17)23-24(8,9)20(5,6)7/h13-16,19H,10-12H2,1-9H3/b17-13+/t15-,16+,19+/m1/s1. The number of hydrogen-bond donors (Lipinski definition) is 0. The van der Waals surface area contributed by atoms with Gasteiger partial charge in [-0.1, -0.05) is 41.5 Å². The van der Waals surface area contributed by atoms with E-state index in [0.717, 1.165) is 18.4 Å². The summed E-state index contributed by atoms with van der Waals surface area (Å²) in [6.07, 6.45) is 4.04. The number of esters is 1. The largest absolute Gasteiger partial charge is 0.463 e. The monoisotopic (exact) mass is 354 g/mol. The van der Waals surface area contributed by atoms with Crippen molar-refractivity contribution in [1.29, 1.82) is 0 Å². The van der Waals surface area contributed by atoms with Crippen LogP contribution in [0.2, 0.25) is 18.1 Å². The summed E-state index contributed by atoms with van der Waals surface area (Å²) in [5.41, 5.74) is 1.14. The lowest BCUT2D eigenvalue weighted by Gasteiger charge is -2.46. The van der Waals surface area contributed by atoms with Gasteiger partial charge in [-0.2, -0.15) is 0 Å². The Morgan fingerprint density at radius 3 is 2.33 bits per heavy atom. The van der Waals surface area contributed by atoms with E-state index in [1.807, 2.05) is 6.92 Å². The van der Waals surface area contributed by atoms with Gasteiger partial charge in [-0.05, 0) is 61.2 Å². The quantitative estimate of drug-likeness (QED) is 0.368. The maximum Gasteiger partial charge on any atom is 0.330 e. The predicted octanol–water partition coefficient (Wildman–Crippen LogP) is 5.57. The van der Waals surface area contributed by atoms with Crippen LogP contribution >= 0.6 is 0 Å². The molecule has 24 heavy (non-hydrogen) atoms. The first kappa shape index (κ1) is 21.4. The number of ether oxygens (including phenoxy) is 1. The molecular weight excluding hydrogens is 316 g/mol. The van der Waals surface area contributed by atoms with Crippen LogP contribution in [0.1, 0.15) is 61.3 Å². The molecule has 0 spiro atoms. The molecule has 0 heterocycles. The zero-order valence-electron chi connectivity index (χ0n) is 17.2. The highest BCUT2D eigenvalue weighted by Crippen LogP contribution is 2.44. The Bertz CT molecular complexity index is 460. The first-order valence-corrected chi connectivity index (χ1v) is 12.4. The number of rotatable bonds is 5. The normalized spacial score (nSPS) is 27.6. The van der Waals surface area contributed by atoms with Crippen molar-refractivity contribution in [3.8, 4) is 0 Å². The van der Waals surface area contributed by atoms with E-state index >= 15 is 0 Å². The fraction of sp³-hybridized carbons (Fsp3) is 0.850. The minimum atomic E-state index is -1.91. The van der Waals surface area contributed by atoms with Gasteiger partial charge < -0.3 is 9.16 Å². The van der Waals surface area contributed by atoms with E-state index in [0.29, 0.717) is 24.4 Å². The third-order valence-corrected chi connectivity index (χ3v) is 10.3. The lowest BCUT2D eigenvalue weighted by atomic mass is 9.72. The molecule has 0 amide bonds. The predicted molar refractivity (Wildman–Crippen MR) is 104 cm³/mol. The third-order valence-electron chi connectivity index (χ3n) is 5.87. The second-order valence-corrected chi connectivity index (χ2v) is 13.8. The second-order valence-electron chi connectivity index (χ2n) is 9.08. The van der Waals surface area contributed by atoms with Gasteiger partial charge >= 0.3 is 5.97 Å². The van der Waals surface area contributed by atoms with Crippen molar-refractivity contribution in [2.24, 2.45) is 17.8 Å². The maximum absolute atomic E-state index is 12.1. The van der Waals surface area contributed by atoms with Crippen LogP contribution < -0.4 is 0 Å². The lowest BCUT2D eigenvalue weighted by molar-refractivity contribution is -0.137. The number of carbonyl (C=O) groups excluding carboxylic acids is 1. The van der Waals surface area contributed by atoms with Crippen molar-refractivity contribution in [3.63, 3.8) is 0 Å². The van der Waals surface area contributed by atoms with Gasteiger partial charge in [0.15, 0.2) is 8.32 Å². The zero-order valence-corrected chi connectivity index (χ0v) is 18.2. The van der Waals surface area contributed by atoms with Crippen LogP contribution in [-0.2, 0) is 14.0 Å². The number of carbonyl (C=O) groups is 1. The third kappa shape index (κ3) is 5.19. The molecule has 0 saturated heterocycles. The van der Waals surface area contributed by atoms with Crippen molar-refractivity contribution in [3.05, 3.63) is 11.6 Å².